The van der Waals surface area contributed by atoms with Gasteiger partial charge in [0, 0.05) is 11.9 Å². The van der Waals surface area contributed by atoms with E-state index in [4.69, 9.17) is 4.52 Å². The highest BCUT2D eigenvalue weighted by molar-refractivity contribution is 7.89. The van der Waals surface area contributed by atoms with Gasteiger partial charge in [0.1, 0.15) is 10.6 Å². The molecule has 104 valence electrons. The molecule has 0 aromatic carbocycles. The molecule has 0 aliphatic rings. The van der Waals surface area contributed by atoms with Gasteiger partial charge in [0.2, 0.25) is 10.0 Å². The summed E-state index contributed by atoms with van der Waals surface area (Å²) in [5, 5.41) is 5.64. The maximum atomic E-state index is 12.6. The van der Waals surface area contributed by atoms with Crippen LogP contribution in [0.15, 0.2) is 26.9 Å². The fourth-order valence-corrected chi connectivity index (χ4v) is 4.43. The van der Waals surface area contributed by atoms with Gasteiger partial charge < -0.3 is 4.52 Å². The van der Waals surface area contributed by atoms with Gasteiger partial charge in [-0.25, -0.2) is 8.42 Å². The van der Waals surface area contributed by atoms with Crippen LogP contribution in [0.4, 0.5) is 0 Å². The second-order valence-electron chi connectivity index (χ2n) is 4.37. The zero-order valence-corrected chi connectivity index (χ0v) is 12.9. The van der Waals surface area contributed by atoms with E-state index in [0.717, 1.165) is 4.88 Å². The lowest BCUT2D eigenvalue weighted by Gasteiger charge is -2.23. The summed E-state index contributed by atoms with van der Waals surface area (Å²) < 4.78 is 31.5. The van der Waals surface area contributed by atoms with Gasteiger partial charge in [-0.2, -0.15) is 4.31 Å². The highest BCUT2D eigenvalue weighted by atomic mass is 32.2. The first-order chi connectivity index (χ1) is 8.85. The van der Waals surface area contributed by atoms with Gasteiger partial charge in [-0.15, -0.1) is 11.3 Å². The Labute approximate surface area is 116 Å². The average molecular weight is 300 g/mol. The minimum absolute atomic E-state index is 0.165. The van der Waals surface area contributed by atoms with Crippen molar-refractivity contribution in [3.05, 3.63) is 33.8 Å². The third-order valence-electron chi connectivity index (χ3n) is 3.11. The first-order valence-corrected chi connectivity index (χ1v) is 8.12. The molecule has 2 aromatic heterocycles. The van der Waals surface area contributed by atoms with Crippen LogP contribution in [0.5, 0.6) is 0 Å². The monoisotopic (exact) mass is 300 g/mol. The molecule has 0 aliphatic carbocycles. The number of hydrogen-bond donors (Lipinski definition) is 0. The topological polar surface area (TPSA) is 63.4 Å². The Hall–Kier alpha value is -1.18. The van der Waals surface area contributed by atoms with Crippen molar-refractivity contribution in [3.8, 4) is 0 Å². The number of sulfonamides is 1. The van der Waals surface area contributed by atoms with Crippen LogP contribution in [0.2, 0.25) is 0 Å². The Balaban J connectivity index is 2.40. The first kappa shape index (κ1) is 14.2. The minimum Gasteiger partial charge on any atom is -0.360 e. The third kappa shape index (κ3) is 2.45. The Morgan fingerprint density at radius 2 is 2.11 bits per heavy atom. The van der Waals surface area contributed by atoms with Gasteiger partial charge in [-0.05, 0) is 32.2 Å². The number of thiophene rings is 1. The summed E-state index contributed by atoms with van der Waals surface area (Å²) in [7, 11) is -2.02. The first-order valence-electron chi connectivity index (χ1n) is 5.80. The van der Waals surface area contributed by atoms with Crippen molar-refractivity contribution < 1.29 is 12.9 Å². The van der Waals surface area contributed by atoms with Crippen LogP contribution in [-0.4, -0.2) is 24.9 Å². The van der Waals surface area contributed by atoms with Crippen LogP contribution in [-0.2, 0) is 10.0 Å². The molecule has 7 heteroatoms. The van der Waals surface area contributed by atoms with E-state index in [-0.39, 0.29) is 10.9 Å². The molecular formula is C12H16N2O3S2. The molecule has 0 saturated carbocycles. The van der Waals surface area contributed by atoms with Gasteiger partial charge >= 0.3 is 0 Å². The van der Waals surface area contributed by atoms with Crippen molar-refractivity contribution in [2.24, 2.45) is 0 Å². The highest BCUT2D eigenvalue weighted by Crippen LogP contribution is 2.30. The number of rotatable bonds is 4. The SMILES string of the molecule is Cc1noc(C)c1S(=O)(=O)N(C)[C@@H](C)c1cccs1. The molecule has 0 amide bonds. The number of hydrogen-bond acceptors (Lipinski definition) is 5. The molecule has 0 N–H and O–H groups in total. The van der Waals surface area contributed by atoms with E-state index in [1.165, 1.54) is 15.6 Å². The molecule has 1 atom stereocenters. The van der Waals surface area contributed by atoms with Crippen LogP contribution in [0.3, 0.4) is 0 Å². The second kappa shape index (κ2) is 5.07. The number of aryl methyl sites for hydroxylation is 2. The lowest BCUT2D eigenvalue weighted by molar-refractivity contribution is 0.386. The fourth-order valence-electron chi connectivity index (χ4n) is 1.90. The summed E-state index contributed by atoms with van der Waals surface area (Å²) in [6, 6.07) is 3.61. The highest BCUT2D eigenvalue weighted by Gasteiger charge is 2.32. The van der Waals surface area contributed by atoms with Crippen molar-refractivity contribution in [2.45, 2.75) is 31.7 Å². The van der Waals surface area contributed by atoms with Gasteiger partial charge in [0.05, 0.1) is 6.04 Å². The van der Waals surface area contributed by atoms with E-state index >= 15 is 0 Å². The van der Waals surface area contributed by atoms with Crippen LogP contribution < -0.4 is 0 Å². The Bertz CT molecular complexity index is 640. The predicted octanol–water partition coefficient (Wildman–Crippen LogP) is 2.73. The van der Waals surface area contributed by atoms with Crippen LogP contribution in [0, 0.1) is 13.8 Å². The quantitative estimate of drug-likeness (QED) is 0.871. The molecule has 2 aromatic rings. The van der Waals surface area contributed by atoms with E-state index < -0.39 is 10.0 Å². The van der Waals surface area contributed by atoms with E-state index in [9.17, 15) is 8.42 Å². The molecule has 0 radical (unpaired) electrons. The lowest BCUT2D eigenvalue weighted by atomic mass is 10.3. The fraction of sp³-hybridized carbons (Fsp3) is 0.417. The minimum atomic E-state index is -3.60. The zero-order chi connectivity index (χ0) is 14.2. The summed E-state index contributed by atoms with van der Waals surface area (Å²) in [6.45, 7) is 5.10. The van der Waals surface area contributed by atoms with Crippen molar-refractivity contribution in [1.82, 2.24) is 9.46 Å². The van der Waals surface area contributed by atoms with Crippen LogP contribution in [0.25, 0.3) is 0 Å². The molecule has 5 nitrogen and oxygen atoms in total. The molecule has 19 heavy (non-hydrogen) atoms. The van der Waals surface area contributed by atoms with Crippen molar-refractivity contribution in [1.29, 1.82) is 0 Å². The van der Waals surface area contributed by atoms with Crippen LogP contribution in [0.1, 0.15) is 29.3 Å². The van der Waals surface area contributed by atoms with Gasteiger partial charge in [-0.3, -0.25) is 0 Å². The standard InChI is InChI=1S/C12H16N2O3S2/c1-8-12(10(3)17-13-8)19(15,16)14(4)9(2)11-6-5-7-18-11/h5-7,9H,1-4H3/t9-/m0/s1. The van der Waals surface area contributed by atoms with Gasteiger partial charge in [-0.1, -0.05) is 11.2 Å². The van der Waals surface area contributed by atoms with Crippen molar-refractivity contribution in [2.75, 3.05) is 7.05 Å². The Morgan fingerprint density at radius 3 is 2.58 bits per heavy atom. The van der Waals surface area contributed by atoms with E-state index in [1.807, 2.05) is 24.4 Å². The summed E-state index contributed by atoms with van der Waals surface area (Å²) in [5.41, 5.74) is 0.391. The van der Waals surface area contributed by atoms with Crippen molar-refractivity contribution in [3.63, 3.8) is 0 Å². The van der Waals surface area contributed by atoms with E-state index in [1.54, 1.807) is 20.9 Å². The largest absolute Gasteiger partial charge is 0.360 e. The van der Waals surface area contributed by atoms with E-state index in [0.29, 0.717) is 11.5 Å². The maximum Gasteiger partial charge on any atom is 0.248 e. The van der Waals surface area contributed by atoms with Crippen molar-refractivity contribution >= 4 is 21.4 Å². The third-order valence-corrected chi connectivity index (χ3v) is 6.32. The predicted molar refractivity (Wildman–Crippen MR) is 73.7 cm³/mol. The normalized spacial score (nSPS) is 13.9. The molecular weight excluding hydrogens is 284 g/mol. The van der Waals surface area contributed by atoms with E-state index in [2.05, 4.69) is 5.16 Å². The summed E-state index contributed by atoms with van der Waals surface area (Å²) in [6.07, 6.45) is 0. The number of aromatic nitrogens is 1. The maximum absolute atomic E-state index is 12.6. The second-order valence-corrected chi connectivity index (χ2v) is 7.28. The molecule has 2 heterocycles. The molecule has 0 unspecified atom stereocenters. The average Bonchev–Trinajstić information content (AvgIpc) is 2.97. The molecule has 0 spiro atoms. The summed E-state index contributed by atoms with van der Waals surface area (Å²) in [5.74, 6) is 0.322. The molecule has 0 bridgehead atoms. The Kier molecular flexibility index (Phi) is 3.80. The number of nitrogens with zero attached hydrogens (tertiary/aromatic N) is 2. The molecule has 0 aliphatic heterocycles. The zero-order valence-electron chi connectivity index (χ0n) is 11.2. The summed E-state index contributed by atoms with van der Waals surface area (Å²) >= 11 is 1.54. The van der Waals surface area contributed by atoms with Gasteiger partial charge in [0.25, 0.3) is 0 Å². The molecule has 0 saturated heterocycles. The Morgan fingerprint density at radius 1 is 1.42 bits per heavy atom. The molecule has 2 rings (SSSR count). The van der Waals surface area contributed by atoms with Gasteiger partial charge in [0.15, 0.2) is 5.76 Å². The molecule has 0 fully saturated rings. The summed E-state index contributed by atoms with van der Waals surface area (Å²) in [4.78, 5) is 1.16. The smallest absolute Gasteiger partial charge is 0.248 e. The lowest BCUT2D eigenvalue weighted by Crippen LogP contribution is -2.30. The van der Waals surface area contributed by atoms with Crippen LogP contribution >= 0.6 is 11.3 Å².